The number of ether oxygens (including phenoxy) is 1. The van der Waals surface area contributed by atoms with Gasteiger partial charge in [-0.25, -0.2) is 9.50 Å². The lowest BCUT2D eigenvalue weighted by Crippen LogP contribution is -2.67. The minimum Gasteiger partial charge on any atom is -0.380 e. The molecule has 0 unspecified atom stereocenters. The Hall–Kier alpha value is -3.23. The van der Waals surface area contributed by atoms with Crippen LogP contribution in [0.15, 0.2) is 36.8 Å². The van der Waals surface area contributed by atoms with Crippen molar-refractivity contribution in [2.45, 2.75) is 45.4 Å². The van der Waals surface area contributed by atoms with E-state index in [1.54, 1.807) is 6.33 Å². The lowest BCUT2D eigenvalue weighted by molar-refractivity contribution is -0.191. The summed E-state index contributed by atoms with van der Waals surface area (Å²) in [7, 11) is 0. The van der Waals surface area contributed by atoms with Gasteiger partial charge in [-0.05, 0) is 66.5 Å². The fourth-order valence-electron chi connectivity index (χ4n) is 6.88. The van der Waals surface area contributed by atoms with Crippen LogP contribution in [0.1, 0.15) is 55.2 Å². The first-order valence-corrected chi connectivity index (χ1v) is 13.9. The second-order valence-electron chi connectivity index (χ2n) is 12.1. The Balaban J connectivity index is 1.09. The summed E-state index contributed by atoms with van der Waals surface area (Å²) >= 11 is 0. The molecule has 3 aliphatic rings. The molecule has 3 aromatic heterocycles. The maximum Gasteiger partial charge on any atom is 0.236 e. The summed E-state index contributed by atoms with van der Waals surface area (Å²) in [6.45, 7) is 12.6. The maximum atomic E-state index is 12.9. The summed E-state index contributed by atoms with van der Waals surface area (Å²) in [5.41, 5.74) is 8.56. The third-order valence-corrected chi connectivity index (χ3v) is 8.90. The van der Waals surface area contributed by atoms with Gasteiger partial charge in [-0.1, -0.05) is 19.9 Å². The van der Waals surface area contributed by atoms with Crippen LogP contribution in [-0.2, 0) is 9.53 Å². The predicted molar refractivity (Wildman–Crippen MR) is 147 cm³/mol. The fraction of sp³-hybridized carbons (Fsp3) is 0.500. The Kier molecular flexibility index (Phi) is 5.60. The Labute approximate surface area is 223 Å². The second kappa shape index (κ2) is 8.92. The van der Waals surface area contributed by atoms with Crippen molar-refractivity contribution in [1.82, 2.24) is 29.4 Å². The van der Waals surface area contributed by atoms with Crippen LogP contribution in [0, 0.1) is 12.3 Å². The number of hydrogen-bond acceptors (Lipinski definition) is 5. The van der Waals surface area contributed by atoms with Gasteiger partial charge in [0.05, 0.1) is 25.5 Å². The number of aromatic nitrogens is 4. The molecule has 1 spiro atoms. The fourth-order valence-corrected chi connectivity index (χ4v) is 6.88. The van der Waals surface area contributed by atoms with E-state index < -0.39 is 0 Å². The molecule has 6 heterocycles. The smallest absolute Gasteiger partial charge is 0.236 e. The SMILES string of the molecule is Cc1cc(-c2[nH]c3ccc(C4CCN(C(=O)CN5CC6(COC6)C5)CC4)cc3c2C(C)C)cn2ncnc12. The van der Waals surface area contributed by atoms with Crippen molar-refractivity contribution >= 4 is 22.5 Å². The molecule has 3 aliphatic heterocycles. The summed E-state index contributed by atoms with van der Waals surface area (Å²) in [5.74, 6) is 1.13. The Bertz CT molecular complexity index is 1510. The number of H-pyrrole nitrogens is 1. The number of likely N-dealkylation sites (tertiary alicyclic amines) is 2. The summed E-state index contributed by atoms with van der Waals surface area (Å²) in [6, 6.07) is 9.12. The number of fused-ring (bicyclic) bond motifs is 2. The molecule has 7 rings (SSSR count). The number of pyridine rings is 1. The maximum absolute atomic E-state index is 12.9. The molecule has 0 radical (unpaired) electrons. The van der Waals surface area contributed by atoms with Gasteiger partial charge in [0.15, 0.2) is 5.65 Å². The van der Waals surface area contributed by atoms with Crippen LogP contribution in [0.3, 0.4) is 0 Å². The number of rotatable bonds is 5. The molecule has 8 heteroatoms. The molecule has 3 saturated heterocycles. The molecule has 1 N–H and O–H groups in total. The minimum atomic E-state index is 0.283. The van der Waals surface area contributed by atoms with Crippen LogP contribution in [0.25, 0.3) is 27.8 Å². The quantitative estimate of drug-likeness (QED) is 0.430. The number of aryl methyl sites for hydroxylation is 1. The average molecular weight is 513 g/mol. The van der Waals surface area contributed by atoms with E-state index >= 15 is 0 Å². The van der Waals surface area contributed by atoms with Crippen LogP contribution in [0.5, 0.6) is 0 Å². The third kappa shape index (κ3) is 3.93. The van der Waals surface area contributed by atoms with Crippen LogP contribution in [0.2, 0.25) is 0 Å². The van der Waals surface area contributed by atoms with Crippen molar-refractivity contribution in [2.24, 2.45) is 5.41 Å². The van der Waals surface area contributed by atoms with Gasteiger partial charge < -0.3 is 14.6 Å². The van der Waals surface area contributed by atoms with Gasteiger partial charge in [-0.3, -0.25) is 9.69 Å². The van der Waals surface area contributed by atoms with E-state index in [2.05, 4.69) is 76.1 Å². The van der Waals surface area contributed by atoms with Crippen molar-refractivity contribution in [3.63, 3.8) is 0 Å². The zero-order valence-corrected chi connectivity index (χ0v) is 22.5. The zero-order chi connectivity index (χ0) is 26.0. The number of aromatic amines is 1. The molecule has 198 valence electrons. The molecule has 0 saturated carbocycles. The first-order chi connectivity index (χ1) is 18.4. The van der Waals surface area contributed by atoms with Gasteiger partial charge in [-0.15, -0.1) is 0 Å². The van der Waals surface area contributed by atoms with Gasteiger partial charge >= 0.3 is 0 Å². The largest absolute Gasteiger partial charge is 0.380 e. The number of benzene rings is 1. The molecule has 0 atom stereocenters. The van der Waals surface area contributed by atoms with Crippen molar-refractivity contribution < 1.29 is 9.53 Å². The van der Waals surface area contributed by atoms with Crippen molar-refractivity contribution in [2.75, 3.05) is 45.9 Å². The predicted octanol–water partition coefficient (Wildman–Crippen LogP) is 4.35. The molecular weight excluding hydrogens is 476 g/mol. The second-order valence-corrected chi connectivity index (χ2v) is 12.1. The molecule has 1 amide bonds. The number of nitrogens with zero attached hydrogens (tertiary/aromatic N) is 5. The first kappa shape index (κ1) is 23.9. The molecule has 3 fully saturated rings. The van der Waals surface area contributed by atoms with E-state index in [9.17, 15) is 4.79 Å². The molecule has 0 aliphatic carbocycles. The van der Waals surface area contributed by atoms with Crippen molar-refractivity contribution in [3.8, 4) is 11.3 Å². The molecule has 38 heavy (non-hydrogen) atoms. The standard InChI is InChI=1S/C30H36N6O2/c1-19(2)27-24-11-22(4-5-25(24)33-28(27)23-10-20(3)29-31-18-32-36(29)12-23)21-6-8-35(9-7-21)26(37)13-34-14-30(15-34)16-38-17-30/h4-5,10-12,18-19,21,33H,6-9,13-17H2,1-3H3. The number of hydrogen-bond donors (Lipinski definition) is 1. The molecule has 1 aromatic carbocycles. The summed E-state index contributed by atoms with van der Waals surface area (Å²) in [5, 5.41) is 5.68. The van der Waals surface area contributed by atoms with E-state index in [1.165, 1.54) is 22.0 Å². The Morgan fingerprint density at radius 2 is 1.97 bits per heavy atom. The van der Waals surface area contributed by atoms with Crippen LogP contribution < -0.4 is 0 Å². The van der Waals surface area contributed by atoms with Crippen LogP contribution >= 0.6 is 0 Å². The monoisotopic (exact) mass is 512 g/mol. The Morgan fingerprint density at radius 3 is 2.68 bits per heavy atom. The van der Waals surface area contributed by atoms with E-state index in [0.717, 1.165) is 74.7 Å². The molecule has 8 nitrogen and oxygen atoms in total. The highest BCUT2D eigenvalue weighted by atomic mass is 16.5. The molecule has 0 bridgehead atoms. The van der Waals surface area contributed by atoms with E-state index in [-0.39, 0.29) is 5.91 Å². The number of nitrogens with one attached hydrogen (secondary N) is 1. The number of carbonyl (C=O) groups excluding carboxylic acids is 1. The summed E-state index contributed by atoms with van der Waals surface area (Å²) in [6.07, 6.45) is 5.72. The van der Waals surface area contributed by atoms with Gasteiger partial charge in [0.1, 0.15) is 6.33 Å². The van der Waals surface area contributed by atoms with E-state index in [1.807, 2.05) is 4.52 Å². The number of piperidine rings is 1. The highest BCUT2D eigenvalue weighted by Gasteiger charge is 2.49. The number of carbonyl (C=O) groups is 1. The highest BCUT2D eigenvalue weighted by Crippen LogP contribution is 2.39. The van der Waals surface area contributed by atoms with Crippen LogP contribution in [0.4, 0.5) is 0 Å². The van der Waals surface area contributed by atoms with Gasteiger partial charge in [0, 0.05) is 54.3 Å². The lowest BCUT2D eigenvalue weighted by Gasteiger charge is -2.55. The average Bonchev–Trinajstić information content (AvgIpc) is 3.49. The van der Waals surface area contributed by atoms with Gasteiger partial charge in [-0.2, -0.15) is 5.10 Å². The normalized spacial score (nSPS) is 19.9. The first-order valence-electron chi connectivity index (χ1n) is 13.9. The minimum absolute atomic E-state index is 0.283. The Morgan fingerprint density at radius 1 is 1.18 bits per heavy atom. The van der Waals surface area contributed by atoms with Crippen molar-refractivity contribution in [3.05, 3.63) is 53.5 Å². The van der Waals surface area contributed by atoms with Gasteiger partial charge in [0.25, 0.3) is 0 Å². The highest BCUT2D eigenvalue weighted by molar-refractivity contribution is 5.92. The summed E-state index contributed by atoms with van der Waals surface area (Å²) < 4.78 is 7.23. The number of amides is 1. The van der Waals surface area contributed by atoms with E-state index in [0.29, 0.717) is 23.8 Å². The molecular formula is C30H36N6O2. The van der Waals surface area contributed by atoms with Crippen LogP contribution in [-0.4, -0.2) is 81.2 Å². The van der Waals surface area contributed by atoms with Crippen molar-refractivity contribution in [1.29, 1.82) is 0 Å². The van der Waals surface area contributed by atoms with Gasteiger partial charge in [0.2, 0.25) is 5.91 Å². The van der Waals surface area contributed by atoms with E-state index in [4.69, 9.17) is 4.74 Å². The zero-order valence-electron chi connectivity index (χ0n) is 22.5. The summed E-state index contributed by atoms with van der Waals surface area (Å²) in [4.78, 5) is 25.4. The lowest BCUT2D eigenvalue weighted by atomic mass is 9.78. The third-order valence-electron chi connectivity index (χ3n) is 8.90. The molecule has 4 aromatic rings. The topological polar surface area (TPSA) is 78.8 Å².